The molecule has 1 N–H and O–H groups in total. The Morgan fingerprint density at radius 2 is 1.88 bits per heavy atom. The summed E-state index contributed by atoms with van der Waals surface area (Å²) in [5.74, 6) is -0.136. The number of nitrogens with one attached hydrogen (secondary N) is 1. The summed E-state index contributed by atoms with van der Waals surface area (Å²) < 4.78 is 9.97. The number of hydrogen-bond donors (Lipinski definition) is 1. The van der Waals surface area contributed by atoms with Crippen LogP contribution in [-0.2, 0) is 14.3 Å². The van der Waals surface area contributed by atoms with Crippen LogP contribution in [0.25, 0.3) is 0 Å². The van der Waals surface area contributed by atoms with Crippen LogP contribution in [0.2, 0.25) is 0 Å². The molecule has 0 aromatic heterocycles. The molecule has 0 saturated carbocycles. The highest BCUT2D eigenvalue weighted by atomic mass is 16.6. The summed E-state index contributed by atoms with van der Waals surface area (Å²) in [5, 5.41) is 2.49. The van der Waals surface area contributed by atoms with E-state index in [2.05, 4.69) is 11.9 Å². The second kappa shape index (κ2) is 6.15. The van der Waals surface area contributed by atoms with E-state index in [-0.39, 0.29) is 24.7 Å². The van der Waals surface area contributed by atoms with Gasteiger partial charge in [0.1, 0.15) is 12.2 Å². The van der Waals surface area contributed by atoms with Crippen molar-refractivity contribution in [3.8, 4) is 0 Å². The molecule has 0 rings (SSSR count). The molecular formula is C11H19NO4. The summed E-state index contributed by atoms with van der Waals surface area (Å²) in [5.41, 5.74) is -0.520. The van der Waals surface area contributed by atoms with Crippen molar-refractivity contribution in [3.63, 3.8) is 0 Å². The average molecular weight is 229 g/mol. The molecule has 0 saturated heterocycles. The van der Waals surface area contributed by atoms with E-state index in [1.54, 1.807) is 20.8 Å². The Hall–Kier alpha value is -1.52. The molecule has 0 aromatic carbocycles. The standard InChI is InChI=1S/C11H19NO4/c1-8(13)9(2)15-7-6-12-10(14)16-11(3,4)5/h2,6-7H2,1,3-5H3,(H,12,14). The van der Waals surface area contributed by atoms with Gasteiger partial charge in [-0.3, -0.25) is 4.79 Å². The van der Waals surface area contributed by atoms with Gasteiger partial charge in [0, 0.05) is 6.92 Å². The van der Waals surface area contributed by atoms with Crippen LogP contribution in [0.1, 0.15) is 27.7 Å². The molecule has 5 heteroatoms. The lowest BCUT2D eigenvalue weighted by molar-refractivity contribution is -0.116. The zero-order valence-corrected chi connectivity index (χ0v) is 10.3. The topological polar surface area (TPSA) is 64.6 Å². The smallest absolute Gasteiger partial charge is 0.407 e. The summed E-state index contributed by atoms with van der Waals surface area (Å²) in [7, 11) is 0. The maximum absolute atomic E-state index is 11.2. The van der Waals surface area contributed by atoms with Crippen molar-refractivity contribution in [2.45, 2.75) is 33.3 Å². The van der Waals surface area contributed by atoms with E-state index in [1.807, 2.05) is 0 Å². The Morgan fingerprint density at radius 1 is 1.31 bits per heavy atom. The molecule has 0 bridgehead atoms. The first kappa shape index (κ1) is 14.5. The number of hydrogen-bond acceptors (Lipinski definition) is 4. The molecule has 0 radical (unpaired) electrons. The molecule has 5 nitrogen and oxygen atoms in total. The number of carbonyl (C=O) groups excluding carboxylic acids is 2. The molecule has 0 aromatic rings. The van der Waals surface area contributed by atoms with Crippen LogP contribution >= 0.6 is 0 Å². The van der Waals surface area contributed by atoms with E-state index in [1.165, 1.54) is 6.92 Å². The zero-order chi connectivity index (χ0) is 12.8. The van der Waals surface area contributed by atoms with Gasteiger partial charge in [0.05, 0.1) is 6.54 Å². The number of alkyl carbamates (subject to hydrolysis) is 1. The Balaban J connectivity index is 3.64. The van der Waals surface area contributed by atoms with E-state index in [4.69, 9.17) is 9.47 Å². The summed E-state index contributed by atoms with van der Waals surface area (Å²) >= 11 is 0. The number of amides is 1. The van der Waals surface area contributed by atoms with Crippen LogP contribution in [0.3, 0.4) is 0 Å². The second-order valence-electron chi connectivity index (χ2n) is 4.26. The number of allylic oxidation sites excluding steroid dienone is 1. The molecule has 0 fully saturated rings. The fourth-order valence-electron chi connectivity index (χ4n) is 0.743. The Bertz CT molecular complexity index is 278. The van der Waals surface area contributed by atoms with Crippen molar-refractivity contribution < 1.29 is 19.1 Å². The maximum Gasteiger partial charge on any atom is 0.407 e. The van der Waals surface area contributed by atoms with Crippen LogP contribution < -0.4 is 5.32 Å². The van der Waals surface area contributed by atoms with Gasteiger partial charge >= 0.3 is 6.09 Å². The third-order valence-corrected chi connectivity index (χ3v) is 1.44. The van der Waals surface area contributed by atoms with Gasteiger partial charge in [0.25, 0.3) is 0 Å². The first-order valence-electron chi connectivity index (χ1n) is 5.02. The van der Waals surface area contributed by atoms with Gasteiger partial charge in [-0.15, -0.1) is 0 Å². The summed E-state index contributed by atoms with van der Waals surface area (Å²) in [6, 6.07) is 0. The van der Waals surface area contributed by atoms with Crippen LogP contribution in [0.5, 0.6) is 0 Å². The van der Waals surface area contributed by atoms with Crippen molar-refractivity contribution in [1.82, 2.24) is 5.32 Å². The molecule has 1 amide bonds. The van der Waals surface area contributed by atoms with Crippen LogP contribution in [-0.4, -0.2) is 30.6 Å². The number of ether oxygens (including phenoxy) is 2. The quantitative estimate of drug-likeness (QED) is 0.442. The van der Waals surface area contributed by atoms with Gasteiger partial charge in [-0.05, 0) is 20.8 Å². The molecular weight excluding hydrogens is 210 g/mol. The summed E-state index contributed by atoms with van der Waals surface area (Å²) in [4.78, 5) is 21.9. The monoisotopic (exact) mass is 229 g/mol. The first-order chi connectivity index (χ1) is 7.22. The van der Waals surface area contributed by atoms with Crippen LogP contribution in [0.4, 0.5) is 4.79 Å². The van der Waals surface area contributed by atoms with Crippen molar-refractivity contribution in [2.24, 2.45) is 0 Å². The highest BCUT2D eigenvalue weighted by Gasteiger charge is 2.15. The Labute approximate surface area is 95.8 Å². The van der Waals surface area contributed by atoms with Gasteiger partial charge < -0.3 is 14.8 Å². The molecule has 0 heterocycles. The fourth-order valence-corrected chi connectivity index (χ4v) is 0.743. The average Bonchev–Trinajstić information content (AvgIpc) is 2.08. The first-order valence-corrected chi connectivity index (χ1v) is 5.02. The van der Waals surface area contributed by atoms with Gasteiger partial charge in [-0.1, -0.05) is 6.58 Å². The number of Topliss-reactive ketones (excluding diaryl/α,β-unsaturated/α-hetero) is 1. The van der Waals surface area contributed by atoms with E-state index in [0.717, 1.165) is 0 Å². The second-order valence-corrected chi connectivity index (χ2v) is 4.26. The third-order valence-electron chi connectivity index (χ3n) is 1.44. The van der Waals surface area contributed by atoms with Crippen molar-refractivity contribution >= 4 is 11.9 Å². The maximum atomic E-state index is 11.2. The summed E-state index contributed by atoms with van der Waals surface area (Å²) in [6.07, 6.45) is -0.510. The minimum atomic E-state index is -0.520. The van der Waals surface area contributed by atoms with Crippen LogP contribution in [0.15, 0.2) is 12.3 Å². The molecule has 16 heavy (non-hydrogen) atoms. The van der Waals surface area contributed by atoms with Crippen molar-refractivity contribution in [2.75, 3.05) is 13.2 Å². The van der Waals surface area contributed by atoms with Gasteiger partial charge in [-0.2, -0.15) is 0 Å². The highest BCUT2D eigenvalue weighted by molar-refractivity contribution is 5.90. The molecule has 0 atom stereocenters. The molecule has 92 valence electrons. The lowest BCUT2D eigenvalue weighted by atomic mass is 10.2. The summed E-state index contributed by atoms with van der Waals surface area (Å²) in [6.45, 7) is 10.6. The predicted molar refractivity (Wildman–Crippen MR) is 60.0 cm³/mol. The fraction of sp³-hybridized carbons (Fsp3) is 0.636. The molecule has 0 unspecified atom stereocenters. The minimum Gasteiger partial charge on any atom is -0.489 e. The van der Waals surface area contributed by atoms with Gasteiger partial charge in [0.2, 0.25) is 0 Å². The Kier molecular flexibility index (Phi) is 5.56. The largest absolute Gasteiger partial charge is 0.489 e. The minimum absolute atomic E-state index is 0.0889. The predicted octanol–water partition coefficient (Wildman–Crippen LogP) is 1.63. The Morgan fingerprint density at radius 3 is 2.31 bits per heavy atom. The lowest BCUT2D eigenvalue weighted by Gasteiger charge is -2.19. The number of carbonyl (C=O) groups is 2. The highest BCUT2D eigenvalue weighted by Crippen LogP contribution is 2.06. The van der Waals surface area contributed by atoms with Gasteiger partial charge in [0.15, 0.2) is 11.5 Å². The van der Waals surface area contributed by atoms with E-state index >= 15 is 0 Å². The number of rotatable bonds is 5. The van der Waals surface area contributed by atoms with E-state index < -0.39 is 11.7 Å². The molecule has 0 aliphatic carbocycles. The zero-order valence-electron chi connectivity index (χ0n) is 10.3. The van der Waals surface area contributed by atoms with Crippen LogP contribution in [0, 0.1) is 0 Å². The SMILES string of the molecule is C=C(OCCNC(=O)OC(C)(C)C)C(C)=O. The van der Waals surface area contributed by atoms with Crippen molar-refractivity contribution in [3.05, 3.63) is 12.3 Å². The lowest BCUT2D eigenvalue weighted by Crippen LogP contribution is -2.34. The molecule has 0 aliphatic rings. The molecule has 0 aliphatic heterocycles. The number of ketones is 1. The van der Waals surface area contributed by atoms with E-state index in [9.17, 15) is 9.59 Å². The van der Waals surface area contributed by atoms with E-state index in [0.29, 0.717) is 0 Å². The van der Waals surface area contributed by atoms with Crippen molar-refractivity contribution in [1.29, 1.82) is 0 Å². The molecule has 0 spiro atoms. The van der Waals surface area contributed by atoms with Gasteiger partial charge in [-0.25, -0.2) is 4.79 Å². The third kappa shape index (κ3) is 7.84. The normalized spacial score (nSPS) is 10.5.